The molecular weight excluding hydrogens is 1490 g/mol. The van der Waals surface area contributed by atoms with E-state index < -0.39 is 0 Å². The molecule has 0 unspecified atom stereocenters. The highest BCUT2D eigenvalue weighted by Crippen LogP contribution is 2.47. The fourth-order valence-corrected chi connectivity index (χ4v) is 18.7. The largest absolute Gasteiger partial charge is 0.308 e. The molecule has 10 heteroatoms. The molecule has 122 heavy (non-hydrogen) atoms. The van der Waals surface area contributed by atoms with Crippen molar-refractivity contribution in [3.63, 3.8) is 0 Å². The Kier molecular flexibility index (Phi) is 16.8. The molecule has 0 saturated heterocycles. The molecule has 0 fully saturated rings. The van der Waals surface area contributed by atoms with Gasteiger partial charge in [0.05, 0.1) is 88.9 Å². The summed E-state index contributed by atoms with van der Waals surface area (Å²) in [5.41, 5.74) is 29.1. The molecule has 0 amide bonds. The number of aromatic nitrogens is 8. The van der Waals surface area contributed by atoms with E-state index in [2.05, 4.69) is 440 Å². The molecule has 18 aromatic carbocycles. The molecule has 0 saturated carbocycles. The van der Waals surface area contributed by atoms with Gasteiger partial charge in [-0.15, -0.1) is 0 Å². The molecule has 6 heterocycles. The van der Waals surface area contributed by atoms with Crippen LogP contribution in [0.15, 0.2) is 425 Å². The quantitative estimate of drug-likeness (QED) is 0.122. The summed E-state index contributed by atoms with van der Waals surface area (Å²) in [5.74, 6) is 1.58. The molecule has 0 spiro atoms. The zero-order valence-electron chi connectivity index (χ0n) is 65.9. The SMILES string of the molecule is N#Cc1c(-n2c3ccc(-c4ccccc4)cc3c3cc(-c4ccccc4)ccc32)cc(-c2nc3ccccc3n2-c2ccccc2)cc1-n1c2ccc(-c3ccccc3)cc2c2cc(-c3ccccc3)ccc21.N#Cc1c(-n2c3ccccc3c3ccccc32)cc(-c2nc3ccccc3n2-c2ccccc2)cc1-n1c2ccccc2c2ccccc21. The van der Waals surface area contributed by atoms with Gasteiger partial charge in [0.2, 0.25) is 0 Å². The minimum atomic E-state index is 0.544. The van der Waals surface area contributed by atoms with Gasteiger partial charge in [-0.3, -0.25) is 9.13 Å². The Labute approximate surface area is 701 Å². The van der Waals surface area contributed by atoms with Crippen LogP contribution in [0.25, 0.3) is 211 Å². The van der Waals surface area contributed by atoms with Crippen LogP contribution >= 0.6 is 0 Å². The van der Waals surface area contributed by atoms with Gasteiger partial charge in [0.1, 0.15) is 34.9 Å². The van der Waals surface area contributed by atoms with Crippen molar-refractivity contribution in [3.8, 4) is 114 Å². The Balaban J connectivity index is 0.000000153. The maximum absolute atomic E-state index is 12.0. The zero-order chi connectivity index (χ0) is 80.9. The lowest BCUT2D eigenvalue weighted by Gasteiger charge is -2.19. The molecule has 10 nitrogen and oxygen atoms in total. The van der Waals surface area contributed by atoms with E-state index in [0.717, 1.165) is 211 Å². The third-order valence-electron chi connectivity index (χ3n) is 24.2. The van der Waals surface area contributed by atoms with Gasteiger partial charge in [0.15, 0.2) is 0 Å². The Bertz CT molecular complexity index is 7730. The van der Waals surface area contributed by atoms with Crippen LogP contribution in [0.3, 0.4) is 0 Å². The topological polar surface area (TPSA) is 103 Å². The highest BCUT2D eigenvalue weighted by molar-refractivity contribution is 6.16. The van der Waals surface area contributed by atoms with Crippen molar-refractivity contribution in [3.05, 3.63) is 436 Å². The first-order valence-corrected chi connectivity index (χ1v) is 41.1. The van der Waals surface area contributed by atoms with Crippen LogP contribution in [0, 0.1) is 22.7 Å². The maximum Gasteiger partial charge on any atom is 0.145 e. The third-order valence-corrected chi connectivity index (χ3v) is 24.2. The molecule has 0 aliphatic carbocycles. The van der Waals surface area contributed by atoms with Crippen LogP contribution in [0.1, 0.15) is 11.1 Å². The summed E-state index contributed by atoms with van der Waals surface area (Å²) in [6.07, 6.45) is 0. The molecule has 568 valence electrons. The molecule has 24 rings (SSSR count). The van der Waals surface area contributed by atoms with Gasteiger partial charge in [0.25, 0.3) is 0 Å². The van der Waals surface area contributed by atoms with Gasteiger partial charge >= 0.3 is 0 Å². The van der Waals surface area contributed by atoms with Gasteiger partial charge in [-0.1, -0.05) is 279 Å². The first kappa shape index (κ1) is 70.5. The van der Waals surface area contributed by atoms with E-state index in [9.17, 15) is 10.5 Å². The number of hydrogen-bond donors (Lipinski definition) is 0. The predicted molar refractivity (Wildman–Crippen MR) is 502 cm³/mol. The van der Waals surface area contributed by atoms with E-state index >= 15 is 0 Å². The first-order chi connectivity index (χ1) is 60.5. The van der Waals surface area contributed by atoms with Crippen molar-refractivity contribution in [1.82, 2.24) is 37.4 Å². The average Bonchev–Trinajstić information content (AvgIpc) is 1.56. The summed E-state index contributed by atoms with van der Waals surface area (Å²) in [6, 6.07) is 155. The Hall–Kier alpha value is -16.9. The monoisotopic (exact) mass is 1550 g/mol. The maximum atomic E-state index is 12.0. The van der Waals surface area contributed by atoms with E-state index in [1.54, 1.807) is 0 Å². The summed E-state index contributed by atoms with van der Waals surface area (Å²) >= 11 is 0. The standard InChI is InChI=1S/C68H43N5.C44H27N5/c69-44-59-66(72-61-34-30-49(45-18-6-1-7-19-45)38-55(61)56-39-50(31-35-62(56)72)46-20-8-2-9-21-46)42-53(68-70-60-28-16-17-29-65(60)71(68)54-26-14-5-15-27-54)43-67(59)73-63-36-32-51(47-22-10-3-11-23-47)40-57(63)58-41-52(33-37-64(58)73)48-24-12-4-13-25-48;45-28-35-42(48-37-21-9-4-16-31(37)32-17-5-10-22-38(32)48)26-29(44-46-36-20-8-13-25-41(36)47(44)30-14-2-1-3-15-30)27-43(35)49-39-23-11-6-18-33(39)34-19-7-12-24-40(34)49/h1-43H;1-27H. The molecule has 0 bridgehead atoms. The van der Waals surface area contributed by atoms with Crippen molar-refractivity contribution >= 4 is 109 Å². The molecular formula is C112H70N10. The number of nitrogens with zero attached hydrogens (tertiary/aromatic N) is 10. The van der Waals surface area contributed by atoms with Crippen molar-refractivity contribution < 1.29 is 0 Å². The molecule has 0 radical (unpaired) electrons. The van der Waals surface area contributed by atoms with Crippen LogP contribution in [0.2, 0.25) is 0 Å². The van der Waals surface area contributed by atoms with Crippen LogP contribution in [0.5, 0.6) is 0 Å². The fraction of sp³-hybridized carbons (Fsp3) is 0. The normalized spacial score (nSPS) is 11.6. The Morgan fingerprint density at radius 3 is 0.656 bits per heavy atom. The number of fused-ring (bicyclic) bond motifs is 14. The van der Waals surface area contributed by atoms with Crippen LogP contribution < -0.4 is 0 Å². The van der Waals surface area contributed by atoms with Crippen LogP contribution in [-0.2, 0) is 0 Å². The highest BCUT2D eigenvalue weighted by Gasteiger charge is 2.29. The second kappa shape index (κ2) is 29.1. The molecule has 24 aromatic rings. The molecule has 0 N–H and O–H groups in total. The van der Waals surface area contributed by atoms with Gasteiger partial charge in [-0.2, -0.15) is 10.5 Å². The summed E-state index contributed by atoms with van der Waals surface area (Å²) < 4.78 is 13.6. The number of benzene rings is 18. The van der Waals surface area contributed by atoms with Gasteiger partial charge in [0, 0.05) is 65.6 Å². The van der Waals surface area contributed by atoms with Crippen molar-refractivity contribution in [2.45, 2.75) is 0 Å². The number of para-hydroxylation sites is 10. The van der Waals surface area contributed by atoms with Gasteiger partial charge in [-0.05, 0) is 190 Å². The molecule has 0 aliphatic rings. The second-order valence-corrected chi connectivity index (χ2v) is 31.0. The van der Waals surface area contributed by atoms with E-state index in [1.165, 1.54) is 0 Å². The third kappa shape index (κ3) is 11.5. The number of hydrogen-bond acceptors (Lipinski definition) is 4. The Morgan fingerprint density at radius 2 is 0.393 bits per heavy atom. The van der Waals surface area contributed by atoms with E-state index in [0.29, 0.717) is 11.1 Å². The minimum Gasteiger partial charge on any atom is -0.308 e. The number of imidazole rings is 2. The van der Waals surface area contributed by atoms with Crippen LogP contribution in [0.4, 0.5) is 0 Å². The van der Waals surface area contributed by atoms with Gasteiger partial charge < -0.3 is 18.3 Å². The Morgan fingerprint density at radius 1 is 0.172 bits per heavy atom. The van der Waals surface area contributed by atoms with E-state index in [4.69, 9.17) is 9.97 Å². The molecule has 0 aliphatic heterocycles. The zero-order valence-corrected chi connectivity index (χ0v) is 65.9. The molecule has 0 atom stereocenters. The van der Waals surface area contributed by atoms with Crippen molar-refractivity contribution in [1.29, 1.82) is 10.5 Å². The summed E-state index contributed by atoms with van der Waals surface area (Å²) in [5, 5.41) is 32.1. The summed E-state index contributed by atoms with van der Waals surface area (Å²) in [4.78, 5) is 10.7. The highest BCUT2D eigenvalue weighted by atomic mass is 15.1. The first-order valence-electron chi connectivity index (χ1n) is 41.1. The summed E-state index contributed by atoms with van der Waals surface area (Å²) in [7, 11) is 0. The average molecular weight is 1560 g/mol. The summed E-state index contributed by atoms with van der Waals surface area (Å²) in [6.45, 7) is 0. The lowest BCUT2D eigenvalue weighted by molar-refractivity contribution is 1.08. The van der Waals surface area contributed by atoms with Crippen molar-refractivity contribution in [2.75, 3.05) is 0 Å². The van der Waals surface area contributed by atoms with Crippen LogP contribution in [-0.4, -0.2) is 37.4 Å². The lowest BCUT2D eigenvalue weighted by atomic mass is 10.0. The second-order valence-electron chi connectivity index (χ2n) is 31.0. The lowest BCUT2D eigenvalue weighted by Crippen LogP contribution is -2.06. The molecule has 6 aromatic heterocycles. The number of rotatable bonds is 12. The minimum absolute atomic E-state index is 0.544. The van der Waals surface area contributed by atoms with E-state index in [-0.39, 0.29) is 0 Å². The number of nitriles is 2. The van der Waals surface area contributed by atoms with E-state index in [1.807, 2.05) is 24.3 Å². The smallest absolute Gasteiger partial charge is 0.145 e. The van der Waals surface area contributed by atoms with Crippen molar-refractivity contribution in [2.24, 2.45) is 0 Å². The fourth-order valence-electron chi connectivity index (χ4n) is 18.7. The van der Waals surface area contributed by atoms with Gasteiger partial charge in [-0.25, -0.2) is 9.97 Å². The predicted octanol–water partition coefficient (Wildman–Crippen LogP) is 28.2.